The Kier molecular flexibility index (Phi) is 10.9. The Morgan fingerprint density at radius 2 is 1.60 bits per heavy atom. The molecule has 0 aliphatic rings. The van der Waals surface area contributed by atoms with E-state index < -0.39 is 28.5 Å². The first kappa shape index (κ1) is 29.4. The predicted octanol–water partition coefficient (Wildman–Crippen LogP) is 4.85. The zero-order valence-corrected chi connectivity index (χ0v) is 23.2. The summed E-state index contributed by atoms with van der Waals surface area (Å²) in [7, 11) is -2.65. The van der Waals surface area contributed by atoms with Crippen molar-refractivity contribution >= 4 is 56.6 Å². The maximum absolute atomic E-state index is 13.5. The van der Waals surface area contributed by atoms with Crippen LogP contribution >= 0.6 is 34.8 Å². The van der Waals surface area contributed by atoms with Gasteiger partial charge in [0.15, 0.2) is 0 Å². The molecular weight excluding hydrogens is 533 g/mol. The van der Waals surface area contributed by atoms with E-state index in [-0.39, 0.29) is 23.3 Å². The van der Waals surface area contributed by atoms with Crippen LogP contribution in [0.3, 0.4) is 0 Å². The van der Waals surface area contributed by atoms with Gasteiger partial charge in [0.05, 0.1) is 11.4 Å². The number of hydrogen-bond donors (Lipinski definition) is 1. The number of halogens is 3. The number of nitrogens with zero attached hydrogens (tertiary/aromatic N) is 2. The Labute approximate surface area is 222 Å². The van der Waals surface area contributed by atoms with Gasteiger partial charge in [-0.1, -0.05) is 61.6 Å². The lowest BCUT2D eigenvalue weighted by Gasteiger charge is -2.32. The molecule has 0 unspecified atom stereocenters. The number of carbonyl (C=O) groups is 2. The van der Waals surface area contributed by atoms with Crippen molar-refractivity contribution < 1.29 is 18.0 Å². The molecule has 0 spiro atoms. The Balaban J connectivity index is 2.35. The quantitative estimate of drug-likeness (QED) is 0.424. The zero-order valence-electron chi connectivity index (χ0n) is 20.1. The summed E-state index contributed by atoms with van der Waals surface area (Å²) >= 11 is 18.2. The number of likely N-dealkylation sites (N-methyl/N-ethyl adjacent to an activating group) is 1. The van der Waals surface area contributed by atoms with E-state index in [1.807, 2.05) is 13.8 Å². The molecule has 0 aliphatic heterocycles. The highest BCUT2D eigenvalue weighted by atomic mass is 35.5. The molecule has 7 nitrogen and oxygen atoms in total. The number of nitrogens with one attached hydrogen (secondary N) is 1. The molecule has 35 heavy (non-hydrogen) atoms. The Morgan fingerprint density at radius 3 is 2.14 bits per heavy atom. The standard InChI is InChI=1S/C24H30Cl3N3O4S/c1-5-22(24(32)28-13-16(2)3)30(14-17-6-7-19(26)12-21(17)27)23(31)15-29(4)35(33,34)20-10-8-18(25)9-11-20/h6-12,16,22H,5,13-15H2,1-4H3,(H,28,32)/t22-/m0/s1. The first-order valence-corrected chi connectivity index (χ1v) is 13.7. The van der Waals surface area contributed by atoms with E-state index in [2.05, 4.69) is 5.32 Å². The molecule has 0 fully saturated rings. The van der Waals surface area contributed by atoms with Gasteiger partial charge in [-0.25, -0.2) is 8.42 Å². The summed E-state index contributed by atoms with van der Waals surface area (Å²) in [6, 6.07) is 9.73. The van der Waals surface area contributed by atoms with E-state index >= 15 is 0 Å². The number of amides is 2. The van der Waals surface area contributed by atoms with E-state index in [1.54, 1.807) is 25.1 Å². The molecule has 1 atom stereocenters. The fourth-order valence-corrected chi connectivity index (χ4v) is 5.04. The molecule has 0 heterocycles. The summed E-state index contributed by atoms with van der Waals surface area (Å²) in [5.74, 6) is -0.632. The van der Waals surface area contributed by atoms with Crippen molar-refractivity contribution in [2.45, 2.75) is 44.7 Å². The summed E-state index contributed by atoms with van der Waals surface area (Å²) in [4.78, 5) is 27.8. The number of rotatable bonds is 11. The van der Waals surface area contributed by atoms with Crippen molar-refractivity contribution in [1.82, 2.24) is 14.5 Å². The summed E-state index contributed by atoms with van der Waals surface area (Å²) in [5, 5.41) is 4.04. The monoisotopic (exact) mass is 561 g/mol. The summed E-state index contributed by atoms with van der Waals surface area (Å²) in [6.07, 6.45) is 0.328. The number of benzene rings is 2. The lowest BCUT2D eigenvalue weighted by atomic mass is 10.1. The van der Waals surface area contributed by atoms with Gasteiger partial charge in [-0.15, -0.1) is 0 Å². The first-order valence-electron chi connectivity index (χ1n) is 11.1. The van der Waals surface area contributed by atoms with E-state index in [0.717, 1.165) is 4.31 Å². The third-order valence-electron chi connectivity index (χ3n) is 5.31. The first-order chi connectivity index (χ1) is 16.4. The van der Waals surface area contributed by atoms with Gasteiger partial charge in [-0.05, 0) is 54.3 Å². The second-order valence-corrected chi connectivity index (χ2v) is 11.9. The second-order valence-electron chi connectivity index (χ2n) is 8.54. The van der Waals surface area contributed by atoms with Gasteiger partial charge in [0, 0.05) is 35.2 Å². The molecule has 192 valence electrons. The molecule has 2 aromatic rings. The molecule has 0 saturated carbocycles. The molecule has 0 aliphatic carbocycles. The van der Waals surface area contributed by atoms with Crippen LogP contribution in [0.2, 0.25) is 15.1 Å². The SMILES string of the molecule is CC[C@@H](C(=O)NCC(C)C)N(Cc1ccc(Cl)cc1Cl)C(=O)CN(C)S(=O)(=O)c1ccc(Cl)cc1. The van der Waals surface area contributed by atoms with Gasteiger partial charge in [-0.2, -0.15) is 4.31 Å². The highest BCUT2D eigenvalue weighted by molar-refractivity contribution is 7.89. The van der Waals surface area contributed by atoms with Crippen molar-refractivity contribution in [3.8, 4) is 0 Å². The molecule has 0 aromatic heterocycles. The Bertz CT molecular complexity index is 1140. The summed E-state index contributed by atoms with van der Waals surface area (Å²) in [6.45, 7) is 5.71. The van der Waals surface area contributed by atoms with Crippen molar-refractivity contribution in [3.63, 3.8) is 0 Å². The molecule has 2 rings (SSSR count). The lowest BCUT2D eigenvalue weighted by molar-refractivity contribution is -0.141. The predicted molar refractivity (Wildman–Crippen MR) is 140 cm³/mol. The van der Waals surface area contributed by atoms with Gasteiger partial charge in [0.25, 0.3) is 0 Å². The van der Waals surface area contributed by atoms with Crippen LogP contribution in [-0.4, -0.2) is 55.6 Å². The van der Waals surface area contributed by atoms with Crippen LogP contribution in [0.15, 0.2) is 47.4 Å². The highest BCUT2D eigenvalue weighted by Gasteiger charge is 2.32. The molecule has 2 aromatic carbocycles. The van der Waals surface area contributed by atoms with Crippen LogP contribution in [0.4, 0.5) is 0 Å². The summed E-state index contributed by atoms with van der Waals surface area (Å²) < 4.78 is 27.0. The topological polar surface area (TPSA) is 86.8 Å². The van der Waals surface area contributed by atoms with Crippen molar-refractivity contribution in [2.75, 3.05) is 20.1 Å². The van der Waals surface area contributed by atoms with Gasteiger partial charge < -0.3 is 10.2 Å². The van der Waals surface area contributed by atoms with Gasteiger partial charge >= 0.3 is 0 Å². The van der Waals surface area contributed by atoms with Gasteiger partial charge in [-0.3, -0.25) is 9.59 Å². The maximum Gasteiger partial charge on any atom is 0.243 e. The molecule has 1 N–H and O–H groups in total. The van der Waals surface area contributed by atoms with E-state index in [1.165, 1.54) is 36.2 Å². The average Bonchev–Trinajstić information content (AvgIpc) is 2.79. The van der Waals surface area contributed by atoms with E-state index in [9.17, 15) is 18.0 Å². The second kappa shape index (κ2) is 12.9. The minimum Gasteiger partial charge on any atom is -0.354 e. The molecule has 0 bridgehead atoms. The maximum atomic E-state index is 13.5. The third kappa shape index (κ3) is 8.08. The van der Waals surface area contributed by atoms with Crippen LogP contribution in [0, 0.1) is 5.92 Å². The smallest absolute Gasteiger partial charge is 0.243 e. The van der Waals surface area contributed by atoms with Crippen molar-refractivity contribution in [3.05, 3.63) is 63.1 Å². The van der Waals surface area contributed by atoms with Gasteiger partial charge in [0.1, 0.15) is 6.04 Å². The fourth-order valence-electron chi connectivity index (χ4n) is 3.33. The van der Waals surface area contributed by atoms with Crippen LogP contribution in [0.5, 0.6) is 0 Å². The lowest BCUT2D eigenvalue weighted by Crippen LogP contribution is -2.52. The van der Waals surface area contributed by atoms with Crippen LogP contribution in [-0.2, 0) is 26.2 Å². The molecule has 0 saturated heterocycles. The molecule has 0 radical (unpaired) electrons. The summed E-state index contributed by atoms with van der Waals surface area (Å²) in [5.41, 5.74) is 0.586. The minimum absolute atomic E-state index is 0.00575. The van der Waals surface area contributed by atoms with E-state index in [0.29, 0.717) is 33.6 Å². The number of sulfonamides is 1. The van der Waals surface area contributed by atoms with E-state index in [4.69, 9.17) is 34.8 Å². The zero-order chi connectivity index (χ0) is 26.3. The Hall–Kier alpha value is -1.84. The number of carbonyl (C=O) groups excluding carboxylic acids is 2. The molecule has 2 amide bonds. The average molecular weight is 563 g/mol. The van der Waals surface area contributed by atoms with Crippen LogP contribution in [0.1, 0.15) is 32.8 Å². The minimum atomic E-state index is -3.96. The van der Waals surface area contributed by atoms with Crippen molar-refractivity contribution in [2.24, 2.45) is 5.92 Å². The van der Waals surface area contributed by atoms with Crippen LogP contribution in [0.25, 0.3) is 0 Å². The molecule has 11 heteroatoms. The van der Waals surface area contributed by atoms with Gasteiger partial charge in [0.2, 0.25) is 21.8 Å². The largest absolute Gasteiger partial charge is 0.354 e. The van der Waals surface area contributed by atoms with Crippen LogP contribution < -0.4 is 5.32 Å². The third-order valence-corrected chi connectivity index (χ3v) is 7.96. The Morgan fingerprint density at radius 1 is 1.00 bits per heavy atom. The number of hydrogen-bond acceptors (Lipinski definition) is 4. The highest BCUT2D eigenvalue weighted by Crippen LogP contribution is 2.24. The fraction of sp³-hybridized carbons (Fsp3) is 0.417. The normalized spacial score (nSPS) is 12.6. The van der Waals surface area contributed by atoms with Crippen molar-refractivity contribution in [1.29, 1.82) is 0 Å². The molecular formula is C24H30Cl3N3O4S.